The van der Waals surface area contributed by atoms with Crippen molar-refractivity contribution in [2.24, 2.45) is 0 Å². The molecule has 4 rings (SSSR count). The molecule has 1 aliphatic rings. The van der Waals surface area contributed by atoms with E-state index in [9.17, 15) is 8.42 Å². The molecule has 0 fully saturated rings. The molecule has 2 aromatic heterocycles. The van der Waals surface area contributed by atoms with Gasteiger partial charge in [-0.05, 0) is 30.3 Å². The van der Waals surface area contributed by atoms with Crippen LogP contribution in [0.2, 0.25) is 10.0 Å². The zero-order valence-electron chi connectivity index (χ0n) is 15.0. The number of rotatable bonds is 4. The van der Waals surface area contributed by atoms with Crippen LogP contribution in [0.4, 0.5) is 0 Å². The second kappa shape index (κ2) is 7.48. The highest BCUT2D eigenvalue weighted by atomic mass is 35.5. The van der Waals surface area contributed by atoms with Crippen LogP contribution in [-0.4, -0.2) is 36.1 Å². The largest absolute Gasteiger partial charge is 0.460 e. The molecule has 0 N–H and O–H groups in total. The Morgan fingerprint density at radius 2 is 2.04 bits per heavy atom. The minimum absolute atomic E-state index is 0.116. The lowest BCUT2D eigenvalue weighted by Gasteiger charge is -2.27. The fraction of sp³-hybridized carbons (Fsp3) is 0.263. The van der Waals surface area contributed by atoms with Gasteiger partial charge in [-0.3, -0.25) is 4.90 Å². The third kappa shape index (κ3) is 4.07. The summed E-state index contributed by atoms with van der Waals surface area (Å²) in [5.41, 5.74) is 2.52. The second-order valence-corrected chi connectivity index (χ2v) is 9.50. The van der Waals surface area contributed by atoms with Crippen molar-refractivity contribution in [1.29, 1.82) is 0 Å². The molecule has 0 radical (unpaired) electrons. The lowest BCUT2D eigenvalue weighted by molar-refractivity contribution is 0.223. The maximum absolute atomic E-state index is 11.6. The summed E-state index contributed by atoms with van der Waals surface area (Å²) in [6.07, 6.45) is 3.38. The van der Waals surface area contributed by atoms with Crippen LogP contribution in [0.25, 0.3) is 11.3 Å². The Hall–Kier alpha value is -1.93. The Morgan fingerprint density at radius 1 is 1.21 bits per heavy atom. The quantitative estimate of drug-likeness (QED) is 0.573. The molecule has 0 saturated carbocycles. The van der Waals surface area contributed by atoms with Gasteiger partial charge in [0.15, 0.2) is 0 Å². The van der Waals surface area contributed by atoms with Crippen molar-refractivity contribution in [3.8, 4) is 11.3 Å². The minimum atomic E-state index is -3.40. The van der Waals surface area contributed by atoms with E-state index < -0.39 is 9.84 Å². The monoisotopic (exact) mass is 437 g/mol. The van der Waals surface area contributed by atoms with Crippen LogP contribution in [0.5, 0.6) is 0 Å². The topological polar surface area (TPSA) is 76.3 Å². The van der Waals surface area contributed by atoms with Gasteiger partial charge in [0.2, 0.25) is 15.0 Å². The van der Waals surface area contributed by atoms with Crippen molar-refractivity contribution >= 4 is 33.0 Å². The summed E-state index contributed by atoms with van der Waals surface area (Å²) in [5.74, 6) is 1.51. The van der Waals surface area contributed by atoms with E-state index in [-0.39, 0.29) is 5.16 Å². The Morgan fingerprint density at radius 3 is 2.79 bits per heavy atom. The summed E-state index contributed by atoms with van der Waals surface area (Å²) in [6, 6.07) is 9.12. The van der Waals surface area contributed by atoms with Gasteiger partial charge in [-0.25, -0.2) is 18.4 Å². The molecule has 6 nitrogen and oxygen atoms in total. The molecule has 0 aliphatic carbocycles. The Bertz CT molecular complexity index is 1150. The van der Waals surface area contributed by atoms with Gasteiger partial charge in [0, 0.05) is 48.1 Å². The normalized spacial score (nSPS) is 14.8. The second-order valence-electron chi connectivity index (χ2n) is 6.75. The summed E-state index contributed by atoms with van der Waals surface area (Å²) in [6.45, 7) is 2.01. The number of benzene rings is 1. The number of hydrogen-bond donors (Lipinski definition) is 0. The molecule has 0 spiro atoms. The summed E-state index contributed by atoms with van der Waals surface area (Å²) in [5, 5.41) is 1.00. The van der Waals surface area contributed by atoms with Crippen molar-refractivity contribution in [3.05, 3.63) is 63.6 Å². The van der Waals surface area contributed by atoms with Gasteiger partial charge < -0.3 is 4.42 Å². The molecule has 0 unspecified atom stereocenters. The van der Waals surface area contributed by atoms with Gasteiger partial charge >= 0.3 is 0 Å². The van der Waals surface area contributed by atoms with Crippen molar-refractivity contribution in [2.45, 2.75) is 24.7 Å². The third-order valence-electron chi connectivity index (χ3n) is 4.56. The summed E-state index contributed by atoms with van der Waals surface area (Å²) < 4.78 is 29.2. The van der Waals surface area contributed by atoms with Crippen LogP contribution < -0.4 is 0 Å². The highest BCUT2D eigenvalue weighted by Gasteiger charge is 2.22. The van der Waals surface area contributed by atoms with E-state index in [0.29, 0.717) is 35.3 Å². The predicted octanol–water partition coefficient (Wildman–Crippen LogP) is 4.01. The number of sulfone groups is 1. The fourth-order valence-corrected chi connectivity index (χ4v) is 4.21. The minimum Gasteiger partial charge on any atom is -0.460 e. The smallest absolute Gasteiger partial charge is 0.246 e. The van der Waals surface area contributed by atoms with Gasteiger partial charge in [-0.15, -0.1) is 0 Å². The van der Waals surface area contributed by atoms with Gasteiger partial charge in [0.1, 0.15) is 11.5 Å². The Kier molecular flexibility index (Phi) is 5.18. The predicted molar refractivity (Wildman–Crippen MR) is 107 cm³/mol. The molecular weight excluding hydrogens is 421 g/mol. The standard InChI is InChI=1S/C19H17Cl2N3O3S/c1-28(25,26)19-22-9-12-10-24(7-6-17(12)23-19)11-14-3-5-18(27-14)15-4-2-13(20)8-16(15)21/h2-5,8-9H,6-7,10-11H2,1H3. The molecule has 1 aromatic carbocycles. The molecule has 3 heterocycles. The van der Waals surface area contributed by atoms with E-state index >= 15 is 0 Å². The van der Waals surface area contributed by atoms with Crippen LogP contribution in [0, 0.1) is 0 Å². The Balaban J connectivity index is 1.49. The summed E-state index contributed by atoms with van der Waals surface area (Å²) in [7, 11) is -3.40. The van der Waals surface area contributed by atoms with E-state index in [2.05, 4.69) is 14.9 Å². The van der Waals surface area contributed by atoms with Gasteiger partial charge in [-0.2, -0.15) is 0 Å². The molecule has 9 heteroatoms. The number of furan rings is 1. The van der Waals surface area contributed by atoms with Crippen molar-refractivity contribution < 1.29 is 12.8 Å². The maximum atomic E-state index is 11.6. The number of hydrogen-bond acceptors (Lipinski definition) is 6. The molecule has 3 aromatic rings. The zero-order valence-corrected chi connectivity index (χ0v) is 17.4. The first-order valence-electron chi connectivity index (χ1n) is 8.61. The van der Waals surface area contributed by atoms with Crippen LogP contribution in [0.3, 0.4) is 0 Å². The molecule has 0 amide bonds. The first kappa shape index (κ1) is 19.4. The van der Waals surface area contributed by atoms with Crippen molar-refractivity contribution in [1.82, 2.24) is 14.9 Å². The fourth-order valence-electron chi connectivity index (χ4n) is 3.19. The highest BCUT2D eigenvalue weighted by Crippen LogP contribution is 2.32. The molecule has 1 aliphatic heterocycles. The number of nitrogens with zero attached hydrogens (tertiary/aromatic N) is 3. The number of halogens is 2. The van der Waals surface area contributed by atoms with E-state index in [1.807, 2.05) is 18.2 Å². The van der Waals surface area contributed by atoms with Crippen LogP contribution in [0.15, 0.2) is 46.1 Å². The van der Waals surface area contributed by atoms with Crippen LogP contribution >= 0.6 is 23.2 Å². The molecule has 28 heavy (non-hydrogen) atoms. The van der Waals surface area contributed by atoms with E-state index in [4.69, 9.17) is 27.6 Å². The van der Waals surface area contributed by atoms with Crippen molar-refractivity contribution in [3.63, 3.8) is 0 Å². The first-order chi connectivity index (χ1) is 13.3. The molecule has 0 bridgehead atoms. The summed E-state index contributed by atoms with van der Waals surface area (Å²) in [4.78, 5) is 10.4. The zero-order chi connectivity index (χ0) is 19.9. The lowest BCUT2D eigenvalue weighted by atomic mass is 10.1. The lowest BCUT2D eigenvalue weighted by Crippen LogP contribution is -2.31. The van der Waals surface area contributed by atoms with Gasteiger partial charge in [0.05, 0.1) is 17.3 Å². The maximum Gasteiger partial charge on any atom is 0.246 e. The SMILES string of the molecule is CS(=O)(=O)c1ncc2c(n1)CCN(Cc1ccc(-c3ccc(Cl)cc3Cl)o1)C2. The van der Waals surface area contributed by atoms with Gasteiger partial charge in [-0.1, -0.05) is 23.2 Å². The molecular formula is C19H17Cl2N3O3S. The summed E-state index contributed by atoms with van der Waals surface area (Å²) >= 11 is 12.2. The molecule has 146 valence electrons. The average molecular weight is 438 g/mol. The van der Waals surface area contributed by atoms with Crippen molar-refractivity contribution in [2.75, 3.05) is 12.8 Å². The van der Waals surface area contributed by atoms with E-state index in [1.54, 1.807) is 18.3 Å². The van der Waals surface area contributed by atoms with Crippen LogP contribution in [0.1, 0.15) is 17.0 Å². The Labute approximate surface area is 173 Å². The third-order valence-corrected chi connectivity index (χ3v) is 5.97. The van der Waals surface area contributed by atoms with Crippen LogP contribution in [-0.2, 0) is 29.3 Å². The van der Waals surface area contributed by atoms with Gasteiger partial charge in [0.25, 0.3) is 0 Å². The average Bonchev–Trinajstić information content (AvgIpc) is 3.08. The molecule has 0 saturated heterocycles. The highest BCUT2D eigenvalue weighted by molar-refractivity contribution is 7.90. The van der Waals surface area contributed by atoms with E-state index in [0.717, 1.165) is 35.4 Å². The van der Waals surface area contributed by atoms with E-state index in [1.165, 1.54) is 0 Å². The first-order valence-corrected chi connectivity index (χ1v) is 11.3. The molecule has 0 atom stereocenters. The number of aromatic nitrogens is 2. The number of fused-ring (bicyclic) bond motifs is 1.